The Morgan fingerprint density at radius 1 is 1.00 bits per heavy atom. The number of carbonyl (C=O) groups excluding carboxylic acids is 1. The molecule has 0 fully saturated rings. The molecule has 29 heavy (non-hydrogen) atoms. The van der Waals surface area contributed by atoms with Gasteiger partial charge in [0.15, 0.2) is 5.96 Å². The van der Waals surface area contributed by atoms with Crippen LogP contribution in [0.4, 0.5) is 0 Å². The maximum atomic E-state index is 11.8. The molecule has 1 unspecified atom stereocenters. The Hall–Kier alpha value is -2.86. The zero-order valence-electron chi connectivity index (χ0n) is 17.6. The maximum Gasteiger partial charge on any atom is 0.251 e. The predicted octanol–water partition coefficient (Wildman–Crippen LogP) is 2.95. The molecular formula is C23H32N4O2. The van der Waals surface area contributed by atoms with Crippen LogP contribution in [0.15, 0.2) is 59.6 Å². The van der Waals surface area contributed by atoms with Gasteiger partial charge in [0.1, 0.15) is 0 Å². The van der Waals surface area contributed by atoms with Crippen LogP contribution in [0.2, 0.25) is 0 Å². The molecule has 0 radical (unpaired) electrons. The van der Waals surface area contributed by atoms with Crippen LogP contribution in [-0.2, 0) is 17.9 Å². The maximum absolute atomic E-state index is 11.8. The van der Waals surface area contributed by atoms with Gasteiger partial charge in [-0.15, -0.1) is 0 Å². The van der Waals surface area contributed by atoms with Crippen LogP contribution in [0.1, 0.15) is 35.3 Å². The Balaban J connectivity index is 1.68. The summed E-state index contributed by atoms with van der Waals surface area (Å²) < 4.78 is 5.79. The van der Waals surface area contributed by atoms with E-state index in [1.807, 2.05) is 49.4 Å². The average Bonchev–Trinajstić information content (AvgIpc) is 2.75. The standard InChI is InChI=1S/C23H32N4O2/c1-4-25-22(28)21-12-10-19(11-13-21)15-27-23(24-3)26-14-18(2)16-29-17-20-8-6-5-7-9-20/h5-13,18H,4,14-17H2,1-3H3,(H,25,28)(H2,24,26,27). The molecule has 1 amide bonds. The summed E-state index contributed by atoms with van der Waals surface area (Å²) >= 11 is 0. The molecule has 0 aliphatic rings. The number of guanidine groups is 1. The number of ether oxygens (including phenoxy) is 1. The van der Waals surface area contributed by atoms with Crippen molar-refractivity contribution < 1.29 is 9.53 Å². The Bertz CT molecular complexity index is 760. The summed E-state index contributed by atoms with van der Waals surface area (Å²) in [6.45, 7) is 7.39. The summed E-state index contributed by atoms with van der Waals surface area (Å²) in [5.41, 5.74) is 2.94. The number of hydrogen-bond acceptors (Lipinski definition) is 3. The molecular weight excluding hydrogens is 364 g/mol. The first kappa shape index (κ1) is 22.4. The molecule has 2 rings (SSSR count). The van der Waals surface area contributed by atoms with E-state index in [1.165, 1.54) is 5.56 Å². The van der Waals surface area contributed by atoms with E-state index in [-0.39, 0.29) is 5.91 Å². The zero-order chi connectivity index (χ0) is 20.9. The monoisotopic (exact) mass is 396 g/mol. The van der Waals surface area contributed by atoms with Crippen LogP contribution in [0.5, 0.6) is 0 Å². The first-order valence-corrected chi connectivity index (χ1v) is 10.1. The fraction of sp³-hybridized carbons (Fsp3) is 0.391. The Morgan fingerprint density at radius 2 is 1.72 bits per heavy atom. The summed E-state index contributed by atoms with van der Waals surface area (Å²) in [6.07, 6.45) is 0. The molecule has 156 valence electrons. The third kappa shape index (κ3) is 8.35. The number of hydrogen-bond donors (Lipinski definition) is 3. The van der Waals surface area contributed by atoms with Gasteiger partial charge in [-0.3, -0.25) is 9.79 Å². The molecule has 0 spiro atoms. The van der Waals surface area contributed by atoms with E-state index in [2.05, 4.69) is 40.0 Å². The predicted molar refractivity (Wildman–Crippen MR) is 118 cm³/mol. The molecule has 1 atom stereocenters. The summed E-state index contributed by atoms with van der Waals surface area (Å²) in [6, 6.07) is 17.8. The van der Waals surface area contributed by atoms with Gasteiger partial charge in [-0.1, -0.05) is 49.4 Å². The number of carbonyl (C=O) groups is 1. The number of nitrogens with zero attached hydrogens (tertiary/aromatic N) is 1. The van der Waals surface area contributed by atoms with Crippen molar-refractivity contribution in [3.05, 3.63) is 71.3 Å². The van der Waals surface area contributed by atoms with Crippen LogP contribution < -0.4 is 16.0 Å². The van der Waals surface area contributed by atoms with Gasteiger partial charge in [-0.25, -0.2) is 0 Å². The van der Waals surface area contributed by atoms with Gasteiger partial charge in [0, 0.05) is 32.2 Å². The highest BCUT2D eigenvalue weighted by Crippen LogP contribution is 2.05. The van der Waals surface area contributed by atoms with Crippen molar-refractivity contribution >= 4 is 11.9 Å². The Labute approximate surface area is 173 Å². The van der Waals surface area contributed by atoms with E-state index in [4.69, 9.17) is 4.74 Å². The topological polar surface area (TPSA) is 74.8 Å². The first-order chi connectivity index (χ1) is 14.1. The van der Waals surface area contributed by atoms with Gasteiger partial charge in [-0.05, 0) is 36.1 Å². The normalized spacial score (nSPS) is 12.3. The van der Waals surface area contributed by atoms with E-state index < -0.39 is 0 Å². The van der Waals surface area contributed by atoms with Gasteiger partial charge in [0.25, 0.3) is 5.91 Å². The average molecular weight is 397 g/mol. The minimum Gasteiger partial charge on any atom is -0.376 e. The lowest BCUT2D eigenvalue weighted by atomic mass is 10.1. The molecule has 0 aromatic heterocycles. The number of nitrogens with one attached hydrogen (secondary N) is 3. The Morgan fingerprint density at radius 3 is 2.38 bits per heavy atom. The lowest BCUT2D eigenvalue weighted by Gasteiger charge is -2.16. The highest BCUT2D eigenvalue weighted by atomic mass is 16.5. The van der Waals surface area contributed by atoms with Gasteiger partial charge < -0.3 is 20.7 Å². The van der Waals surface area contributed by atoms with Crippen molar-refractivity contribution in [2.24, 2.45) is 10.9 Å². The molecule has 0 heterocycles. The smallest absolute Gasteiger partial charge is 0.251 e. The molecule has 2 aromatic carbocycles. The van der Waals surface area contributed by atoms with Crippen molar-refractivity contribution in [3.63, 3.8) is 0 Å². The summed E-state index contributed by atoms with van der Waals surface area (Å²) in [5.74, 6) is 1.05. The summed E-state index contributed by atoms with van der Waals surface area (Å²) in [7, 11) is 1.75. The molecule has 0 aliphatic heterocycles. The van der Waals surface area contributed by atoms with Crippen LogP contribution in [0.25, 0.3) is 0 Å². The number of amides is 1. The molecule has 0 saturated carbocycles. The molecule has 6 heteroatoms. The molecule has 0 saturated heterocycles. The van der Waals surface area contributed by atoms with Gasteiger partial charge >= 0.3 is 0 Å². The highest BCUT2D eigenvalue weighted by molar-refractivity contribution is 5.94. The van der Waals surface area contributed by atoms with Crippen molar-refractivity contribution in [2.75, 3.05) is 26.7 Å². The van der Waals surface area contributed by atoms with Crippen molar-refractivity contribution in [3.8, 4) is 0 Å². The summed E-state index contributed by atoms with van der Waals surface area (Å²) in [5, 5.41) is 9.42. The Kier molecular flexibility index (Phi) is 9.72. The third-order valence-electron chi connectivity index (χ3n) is 4.37. The van der Waals surface area contributed by atoms with Crippen LogP contribution in [0, 0.1) is 5.92 Å². The van der Waals surface area contributed by atoms with Gasteiger partial charge in [0.05, 0.1) is 13.2 Å². The highest BCUT2D eigenvalue weighted by Gasteiger charge is 2.06. The van der Waals surface area contributed by atoms with E-state index >= 15 is 0 Å². The van der Waals surface area contributed by atoms with Gasteiger partial charge in [-0.2, -0.15) is 0 Å². The van der Waals surface area contributed by atoms with Crippen molar-refractivity contribution in [1.82, 2.24) is 16.0 Å². The summed E-state index contributed by atoms with van der Waals surface area (Å²) in [4.78, 5) is 16.1. The second kappa shape index (κ2) is 12.6. The minimum atomic E-state index is -0.0482. The first-order valence-electron chi connectivity index (χ1n) is 10.1. The lowest BCUT2D eigenvalue weighted by Crippen LogP contribution is -2.39. The molecule has 3 N–H and O–H groups in total. The van der Waals surface area contributed by atoms with E-state index in [0.29, 0.717) is 37.8 Å². The molecule has 0 bridgehead atoms. The van der Waals surface area contributed by atoms with Crippen molar-refractivity contribution in [2.45, 2.75) is 27.0 Å². The SMILES string of the molecule is CCNC(=O)c1ccc(CNC(=NC)NCC(C)COCc2ccccc2)cc1. The van der Waals surface area contributed by atoms with Crippen LogP contribution in [-0.4, -0.2) is 38.6 Å². The fourth-order valence-electron chi connectivity index (χ4n) is 2.73. The van der Waals surface area contributed by atoms with Gasteiger partial charge in [0.2, 0.25) is 0 Å². The fourth-order valence-corrected chi connectivity index (χ4v) is 2.73. The quantitative estimate of drug-likeness (QED) is 0.426. The van der Waals surface area contributed by atoms with E-state index in [0.717, 1.165) is 18.1 Å². The third-order valence-corrected chi connectivity index (χ3v) is 4.37. The van der Waals surface area contributed by atoms with Crippen LogP contribution >= 0.6 is 0 Å². The molecule has 0 aliphatic carbocycles. The van der Waals surface area contributed by atoms with E-state index in [1.54, 1.807) is 7.05 Å². The van der Waals surface area contributed by atoms with Crippen LogP contribution in [0.3, 0.4) is 0 Å². The van der Waals surface area contributed by atoms with Crippen molar-refractivity contribution in [1.29, 1.82) is 0 Å². The van der Waals surface area contributed by atoms with E-state index in [9.17, 15) is 4.79 Å². The number of aliphatic imine (C=N–C) groups is 1. The second-order valence-electron chi connectivity index (χ2n) is 6.97. The lowest BCUT2D eigenvalue weighted by molar-refractivity contribution is 0.0931. The zero-order valence-corrected chi connectivity index (χ0v) is 17.6. The number of benzene rings is 2. The second-order valence-corrected chi connectivity index (χ2v) is 6.97. The molecule has 2 aromatic rings. The minimum absolute atomic E-state index is 0.0482. The largest absolute Gasteiger partial charge is 0.376 e. The number of rotatable bonds is 10. The molecule has 6 nitrogen and oxygen atoms in total.